The third-order valence-corrected chi connectivity index (χ3v) is 6.50. The highest BCUT2D eigenvalue weighted by Gasteiger charge is 2.25. The van der Waals surface area contributed by atoms with E-state index in [4.69, 9.17) is 0 Å². The molecular formula is C21H23N5O2S. The molecular weight excluding hydrogens is 386 g/mol. The van der Waals surface area contributed by atoms with Crippen LogP contribution >= 0.6 is 11.3 Å². The number of benzene rings is 1. The molecule has 1 aromatic carbocycles. The number of thiazole rings is 1. The predicted molar refractivity (Wildman–Crippen MR) is 114 cm³/mol. The molecule has 1 saturated carbocycles. The Morgan fingerprint density at radius 2 is 2.00 bits per heavy atom. The van der Waals surface area contributed by atoms with Crippen LogP contribution in [-0.2, 0) is 6.54 Å². The van der Waals surface area contributed by atoms with E-state index in [2.05, 4.69) is 14.9 Å². The number of aryl methyl sites for hydroxylation is 1. The molecule has 29 heavy (non-hydrogen) atoms. The molecule has 1 aliphatic carbocycles. The minimum absolute atomic E-state index is 0.00499. The lowest BCUT2D eigenvalue weighted by Crippen LogP contribution is -2.48. The third-order valence-electron chi connectivity index (χ3n) is 5.73. The lowest BCUT2D eigenvalue weighted by Gasteiger charge is -2.35. The number of aromatic nitrogens is 3. The number of piperazine rings is 1. The Bertz CT molecular complexity index is 1130. The molecule has 1 saturated heterocycles. The zero-order chi connectivity index (χ0) is 20.0. The number of hydrogen-bond donors (Lipinski definition) is 0. The summed E-state index contributed by atoms with van der Waals surface area (Å²) in [6.45, 7) is 5.50. The molecule has 0 bridgehead atoms. The molecule has 0 unspecified atom stereocenters. The van der Waals surface area contributed by atoms with E-state index in [0.29, 0.717) is 30.1 Å². The van der Waals surface area contributed by atoms with E-state index in [0.717, 1.165) is 35.8 Å². The molecule has 3 aromatic rings. The Morgan fingerprint density at radius 1 is 1.21 bits per heavy atom. The lowest BCUT2D eigenvalue weighted by atomic mass is 10.2. The van der Waals surface area contributed by atoms with E-state index >= 15 is 0 Å². The average molecular weight is 410 g/mol. The molecule has 2 fully saturated rings. The molecule has 3 heterocycles. The van der Waals surface area contributed by atoms with Gasteiger partial charge in [0.15, 0.2) is 0 Å². The molecule has 7 nitrogen and oxygen atoms in total. The van der Waals surface area contributed by atoms with Gasteiger partial charge in [0, 0.05) is 43.8 Å². The quantitative estimate of drug-likeness (QED) is 0.662. The van der Waals surface area contributed by atoms with Crippen molar-refractivity contribution in [2.45, 2.75) is 26.3 Å². The highest BCUT2D eigenvalue weighted by atomic mass is 32.1. The monoisotopic (exact) mass is 409 g/mol. The van der Waals surface area contributed by atoms with Crippen molar-refractivity contribution in [1.82, 2.24) is 19.4 Å². The standard InChI is InChI=1S/C21H23N5O2S/c1-14-23-19(12-29-14)21(28)25-8-6-24(7-9-25)16-4-5-17-18(10-16)22-13-26(20(17)27)11-15-2-3-15/h4-5,10,12-13,15H,2-3,6-9,11H2,1H3. The van der Waals surface area contributed by atoms with E-state index in [1.54, 1.807) is 10.9 Å². The fourth-order valence-corrected chi connectivity index (χ4v) is 4.43. The van der Waals surface area contributed by atoms with Gasteiger partial charge in [0.05, 0.1) is 22.2 Å². The van der Waals surface area contributed by atoms with Crippen LogP contribution in [0.15, 0.2) is 34.7 Å². The summed E-state index contributed by atoms with van der Waals surface area (Å²) in [4.78, 5) is 38.2. The van der Waals surface area contributed by atoms with Gasteiger partial charge >= 0.3 is 0 Å². The van der Waals surface area contributed by atoms with Crippen LogP contribution in [0.3, 0.4) is 0 Å². The van der Waals surface area contributed by atoms with Gasteiger partial charge < -0.3 is 9.80 Å². The zero-order valence-corrected chi connectivity index (χ0v) is 17.2. The fraction of sp³-hybridized carbons (Fsp3) is 0.429. The summed E-state index contributed by atoms with van der Waals surface area (Å²) < 4.78 is 1.74. The highest BCUT2D eigenvalue weighted by molar-refractivity contribution is 7.09. The van der Waals surface area contributed by atoms with Crippen molar-refractivity contribution in [3.8, 4) is 0 Å². The maximum atomic E-state index is 12.7. The zero-order valence-electron chi connectivity index (χ0n) is 16.4. The summed E-state index contributed by atoms with van der Waals surface area (Å²) in [7, 11) is 0. The van der Waals surface area contributed by atoms with Crippen LogP contribution in [0, 0.1) is 12.8 Å². The normalized spacial score (nSPS) is 17.1. The first-order valence-electron chi connectivity index (χ1n) is 10.0. The second-order valence-corrected chi connectivity index (χ2v) is 8.94. The third kappa shape index (κ3) is 3.64. The number of nitrogens with zero attached hydrogens (tertiary/aromatic N) is 5. The summed E-state index contributed by atoms with van der Waals surface area (Å²) >= 11 is 1.50. The second-order valence-electron chi connectivity index (χ2n) is 7.88. The van der Waals surface area contributed by atoms with Crippen molar-refractivity contribution in [1.29, 1.82) is 0 Å². The van der Waals surface area contributed by atoms with Gasteiger partial charge in [0.25, 0.3) is 11.5 Å². The van der Waals surface area contributed by atoms with E-state index in [-0.39, 0.29) is 11.5 Å². The largest absolute Gasteiger partial charge is 0.368 e. The van der Waals surface area contributed by atoms with Crippen LogP contribution < -0.4 is 10.5 Å². The number of hydrogen-bond acceptors (Lipinski definition) is 6. The van der Waals surface area contributed by atoms with Crippen molar-refractivity contribution in [2.24, 2.45) is 5.92 Å². The van der Waals surface area contributed by atoms with Crippen LogP contribution in [0.1, 0.15) is 28.3 Å². The van der Waals surface area contributed by atoms with Crippen LogP contribution in [0.5, 0.6) is 0 Å². The fourth-order valence-electron chi connectivity index (χ4n) is 3.84. The van der Waals surface area contributed by atoms with Crippen molar-refractivity contribution in [3.05, 3.63) is 51.0 Å². The van der Waals surface area contributed by atoms with Crippen molar-refractivity contribution >= 4 is 33.8 Å². The second kappa shape index (κ2) is 7.26. The molecule has 150 valence electrons. The minimum atomic E-state index is 0.00499. The summed E-state index contributed by atoms with van der Waals surface area (Å²) in [5.74, 6) is 0.642. The molecule has 1 amide bonds. The Labute approximate surface area is 172 Å². The lowest BCUT2D eigenvalue weighted by molar-refractivity contribution is 0.0741. The highest BCUT2D eigenvalue weighted by Crippen LogP contribution is 2.30. The Balaban J connectivity index is 1.30. The van der Waals surface area contributed by atoms with Crippen molar-refractivity contribution in [2.75, 3.05) is 31.1 Å². The molecule has 0 N–H and O–H groups in total. The van der Waals surface area contributed by atoms with Gasteiger partial charge in [-0.2, -0.15) is 0 Å². The van der Waals surface area contributed by atoms with Crippen molar-refractivity contribution in [3.63, 3.8) is 0 Å². The van der Waals surface area contributed by atoms with E-state index < -0.39 is 0 Å². The molecule has 0 radical (unpaired) electrons. The number of anilines is 1. The van der Waals surface area contributed by atoms with Gasteiger partial charge in [0.2, 0.25) is 0 Å². The Morgan fingerprint density at radius 3 is 2.69 bits per heavy atom. The van der Waals surface area contributed by atoms with Gasteiger partial charge in [-0.15, -0.1) is 11.3 Å². The molecule has 2 aromatic heterocycles. The number of amides is 1. The molecule has 0 spiro atoms. The SMILES string of the molecule is Cc1nc(C(=O)N2CCN(c3ccc4c(=O)n(CC5CC5)cnc4c3)CC2)cs1. The number of fused-ring (bicyclic) bond motifs is 1. The Hall–Kier alpha value is -2.74. The summed E-state index contributed by atoms with van der Waals surface area (Å²) in [5, 5.41) is 3.41. The molecule has 0 atom stereocenters. The van der Waals surface area contributed by atoms with E-state index in [1.165, 1.54) is 24.2 Å². The smallest absolute Gasteiger partial charge is 0.273 e. The number of carbonyl (C=O) groups is 1. The summed E-state index contributed by atoms with van der Waals surface area (Å²) in [6, 6.07) is 5.87. The predicted octanol–water partition coefficient (Wildman–Crippen LogP) is 2.53. The first kappa shape index (κ1) is 18.3. The maximum absolute atomic E-state index is 12.7. The molecule has 5 rings (SSSR count). The average Bonchev–Trinajstić information content (AvgIpc) is 3.46. The minimum Gasteiger partial charge on any atom is -0.368 e. The van der Waals surface area contributed by atoms with Crippen LogP contribution in [0.2, 0.25) is 0 Å². The van der Waals surface area contributed by atoms with Gasteiger partial charge in [-0.3, -0.25) is 14.2 Å². The van der Waals surface area contributed by atoms with Gasteiger partial charge in [-0.1, -0.05) is 0 Å². The maximum Gasteiger partial charge on any atom is 0.273 e. The van der Waals surface area contributed by atoms with Gasteiger partial charge in [-0.05, 0) is 43.9 Å². The number of carbonyl (C=O) groups excluding carboxylic acids is 1. The number of rotatable bonds is 4. The first-order valence-corrected chi connectivity index (χ1v) is 10.9. The first-order chi connectivity index (χ1) is 14.1. The van der Waals surface area contributed by atoms with Gasteiger partial charge in [-0.25, -0.2) is 9.97 Å². The summed E-state index contributed by atoms with van der Waals surface area (Å²) in [5.41, 5.74) is 2.36. The molecule has 8 heteroatoms. The summed E-state index contributed by atoms with van der Waals surface area (Å²) in [6.07, 6.45) is 4.10. The molecule has 2 aliphatic rings. The topological polar surface area (TPSA) is 71.3 Å². The van der Waals surface area contributed by atoms with Crippen molar-refractivity contribution < 1.29 is 4.79 Å². The van der Waals surface area contributed by atoms with Crippen LogP contribution in [-0.4, -0.2) is 51.5 Å². The van der Waals surface area contributed by atoms with Gasteiger partial charge in [0.1, 0.15) is 5.69 Å². The van der Waals surface area contributed by atoms with Crippen LogP contribution in [0.25, 0.3) is 10.9 Å². The van der Waals surface area contributed by atoms with Crippen LogP contribution in [0.4, 0.5) is 5.69 Å². The Kier molecular flexibility index (Phi) is 4.58. The molecule has 1 aliphatic heterocycles. The van der Waals surface area contributed by atoms with E-state index in [9.17, 15) is 9.59 Å². The van der Waals surface area contributed by atoms with E-state index in [1.807, 2.05) is 35.4 Å².